The Morgan fingerprint density at radius 1 is 1.23 bits per heavy atom. The normalized spacial score (nSPS) is 16.8. The van der Waals surface area contributed by atoms with E-state index in [0.29, 0.717) is 19.5 Å². The number of amides is 2. The van der Waals surface area contributed by atoms with Crippen molar-refractivity contribution >= 4 is 17.8 Å². The molecule has 142 valence electrons. The average molecular weight is 360 g/mol. The lowest BCUT2D eigenvalue weighted by Gasteiger charge is -2.34. The van der Waals surface area contributed by atoms with Gasteiger partial charge in [-0.2, -0.15) is 0 Å². The van der Waals surface area contributed by atoms with Crippen LogP contribution in [0.1, 0.15) is 45.1 Å². The Labute approximate surface area is 154 Å². The number of carbonyl (C=O) groups excluding carboxylic acids is 2. The van der Waals surface area contributed by atoms with E-state index in [4.69, 9.17) is 0 Å². The number of hydrogen-bond donors (Lipinski definition) is 1. The van der Waals surface area contributed by atoms with E-state index in [9.17, 15) is 19.5 Å². The standard InChI is InChI=1S/C20H28N2O4/c1-3-21(17(20(25)26)14-16-9-5-4-6-10-16)19(24)13-15(2)22-12-8-7-11-18(22)23/h4-6,9-10,15,17H,3,7-8,11-14H2,1-2H3,(H,25,26)/t15?,17-/m1/s1. The number of benzene rings is 1. The zero-order valence-electron chi connectivity index (χ0n) is 15.6. The molecule has 6 heteroatoms. The van der Waals surface area contributed by atoms with Crippen LogP contribution in [0.25, 0.3) is 0 Å². The SMILES string of the molecule is CCN(C(=O)CC(C)N1CCCCC1=O)[C@H](Cc1ccccc1)C(=O)O. The number of hydrogen-bond acceptors (Lipinski definition) is 3. The molecule has 0 radical (unpaired) electrons. The number of piperidine rings is 1. The van der Waals surface area contributed by atoms with E-state index in [1.54, 1.807) is 11.8 Å². The Kier molecular flexibility index (Phi) is 7.18. The smallest absolute Gasteiger partial charge is 0.326 e. The van der Waals surface area contributed by atoms with Gasteiger partial charge in [-0.25, -0.2) is 4.79 Å². The van der Waals surface area contributed by atoms with Crippen molar-refractivity contribution in [1.29, 1.82) is 0 Å². The highest BCUT2D eigenvalue weighted by atomic mass is 16.4. The maximum Gasteiger partial charge on any atom is 0.326 e. The van der Waals surface area contributed by atoms with E-state index in [-0.39, 0.29) is 30.7 Å². The number of nitrogens with zero attached hydrogens (tertiary/aromatic N) is 2. The number of carbonyl (C=O) groups is 3. The fraction of sp³-hybridized carbons (Fsp3) is 0.550. The molecule has 2 atom stereocenters. The molecule has 1 saturated heterocycles. The maximum absolute atomic E-state index is 12.8. The van der Waals surface area contributed by atoms with Gasteiger partial charge in [0.15, 0.2) is 0 Å². The van der Waals surface area contributed by atoms with Gasteiger partial charge in [0.1, 0.15) is 6.04 Å². The first-order valence-corrected chi connectivity index (χ1v) is 9.29. The molecule has 1 aliphatic heterocycles. The van der Waals surface area contributed by atoms with Crippen molar-refractivity contribution in [1.82, 2.24) is 9.80 Å². The second-order valence-electron chi connectivity index (χ2n) is 6.82. The van der Waals surface area contributed by atoms with Gasteiger partial charge in [0, 0.05) is 38.4 Å². The summed E-state index contributed by atoms with van der Waals surface area (Å²) in [5.41, 5.74) is 0.880. The van der Waals surface area contributed by atoms with Crippen LogP contribution in [0.3, 0.4) is 0 Å². The summed E-state index contributed by atoms with van der Waals surface area (Å²) in [7, 11) is 0. The summed E-state index contributed by atoms with van der Waals surface area (Å²) >= 11 is 0. The van der Waals surface area contributed by atoms with Crippen molar-refractivity contribution in [2.75, 3.05) is 13.1 Å². The summed E-state index contributed by atoms with van der Waals surface area (Å²) in [6, 6.07) is 8.20. The van der Waals surface area contributed by atoms with Crippen molar-refractivity contribution in [3.63, 3.8) is 0 Å². The van der Waals surface area contributed by atoms with Gasteiger partial charge >= 0.3 is 5.97 Å². The minimum Gasteiger partial charge on any atom is -0.480 e. The van der Waals surface area contributed by atoms with Crippen LogP contribution in [0.15, 0.2) is 30.3 Å². The van der Waals surface area contributed by atoms with E-state index in [0.717, 1.165) is 18.4 Å². The fourth-order valence-corrected chi connectivity index (χ4v) is 3.51. The molecule has 1 unspecified atom stereocenters. The molecule has 0 saturated carbocycles. The van der Waals surface area contributed by atoms with Gasteiger partial charge in [-0.3, -0.25) is 9.59 Å². The predicted octanol–water partition coefficient (Wildman–Crippen LogP) is 2.32. The summed E-state index contributed by atoms with van der Waals surface area (Å²) in [6.45, 7) is 4.65. The van der Waals surface area contributed by atoms with Gasteiger partial charge in [0.2, 0.25) is 11.8 Å². The molecule has 0 aliphatic carbocycles. The highest BCUT2D eigenvalue weighted by molar-refractivity contribution is 5.85. The Morgan fingerprint density at radius 2 is 1.92 bits per heavy atom. The first-order chi connectivity index (χ1) is 12.4. The van der Waals surface area contributed by atoms with Gasteiger partial charge in [-0.05, 0) is 32.3 Å². The van der Waals surface area contributed by atoms with Crippen LogP contribution < -0.4 is 0 Å². The molecule has 26 heavy (non-hydrogen) atoms. The topological polar surface area (TPSA) is 77.9 Å². The van der Waals surface area contributed by atoms with E-state index in [2.05, 4.69) is 0 Å². The average Bonchev–Trinajstić information content (AvgIpc) is 2.62. The summed E-state index contributed by atoms with van der Waals surface area (Å²) < 4.78 is 0. The molecular formula is C20H28N2O4. The lowest BCUT2D eigenvalue weighted by atomic mass is 10.0. The van der Waals surface area contributed by atoms with Crippen molar-refractivity contribution in [3.05, 3.63) is 35.9 Å². The second-order valence-corrected chi connectivity index (χ2v) is 6.82. The predicted molar refractivity (Wildman–Crippen MR) is 98.6 cm³/mol. The third-order valence-electron chi connectivity index (χ3n) is 4.96. The summed E-state index contributed by atoms with van der Waals surface area (Å²) in [5, 5.41) is 9.65. The van der Waals surface area contributed by atoms with Crippen LogP contribution in [0.2, 0.25) is 0 Å². The Morgan fingerprint density at radius 3 is 2.50 bits per heavy atom. The Bertz CT molecular complexity index is 632. The number of carboxylic acids is 1. The van der Waals surface area contributed by atoms with Gasteiger partial charge in [-0.15, -0.1) is 0 Å². The molecule has 6 nitrogen and oxygen atoms in total. The summed E-state index contributed by atoms with van der Waals surface area (Å²) in [4.78, 5) is 39.8. The molecule has 0 bridgehead atoms. The first-order valence-electron chi connectivity index (χ1n) is 9.29. The van der Waals surface area contributed by atoms with Crippen molar-refractivity contribution in [3.8, 4) is 0 Å². The van der Waals surface area contributed by atoms with Crippen LogP contribution >= 0.6 is 0 Å². The highest BCUT2D eigenvalue weighted by Gasteiger charge is 2.31. The number of rotatable bonds is 8. The van der Waals surface area contributed by atoms with Crippen LogP contribution in [0.4, 0.5) is 0 Å². The quantitative estimate of drug-likeness (QED) is 0.772. The molecule has 0 aromatic heterocycles. The molecule has 1 aromatic carbocycles. The number of carboxylic acid groups (broad SMARTS) is 1. The third kappa shape index (κ3) is 5.07. The monoisotopic (exact) mass is 360 g/mol. The van der Waals surface area contributed by atoms with Crippen molar-refractivity contribution < 1.29 is 19.5 Å². The second kappa shape index (κ2) is 9.36. The number of likely N-dealkylation sites (N-methyl/N-ethyl adjacent to an activating group) is 1. The Hall–Kier alpha value is -2.37. The molecule has 2 rings (SSSR count). The van der Waals surface area contributed by atoms with Crippen LogP contribution in [0, 0.1) is 0 Å². The molecule has 1 N–H and O–H groups in total. The zero-order valence-corrected chi connectivity index (χ0v) is 15.6. The minimum absolute atomic E-state index is 0.0821. The summed E-state index contributed by atoms with van der Waals surface area (Å²) in [6.07, 6.45) is 2.80. The number of likely N-dealkylation sites (tertiary alicyclic amines) is 1. The van der Waals surface area contributed by atoms with Crippen LogP contribution in [0.5, 0.6) is 0 Å². The molecule has 1 heterocycles. The van der Waals surface area contributed by atoms with Crippen LogP contribution in [-0.4, -0.2) is 57.9 Å². The molecule has 0 spiro atoms. The zero-order chi connectivity index (χ0) is 19.1. The molecule has 2 amide bonds. The number of aliphatic carboxylic acids is 1. The van der Waals surface area contributed by atoms with Crippen molar-refractivity contribution in [2.24, 2.45) is 0 Å². The first kappa shape index (κ1) is 19.9. The van der Waals surface area contributed by atoms with Gasteiger partial charge in [0.05, 0.1) is 0 Å². The van der Waals surface area contributed by atoms with Gasteiger partial charge < -0.3 is 14.9 Å². The van der Waals surface area contributed by atoms with E-state index >= 15 is 0 Å². The summed E-state index contributed by atoms with van der Waals surface area (Å²) in [5.74, 6) is -1.15. The van der Waals surface area contributed by atoms with Gasteiger partial charge in [-0.1, -0.05) is 30.3 Å². The lowest BCUT2D eigenvalue weighted by Crippen LogP contribution is -2.49. The van der Waals surface area contributed by atoms with E-state index in [1.165, 1.54) is 4.90 Å². The molecular weight excluding hydrogens is 332 g/mol. The third-order valence-corrected chi connectivity index (χ3v) is 4.96. The Balaban J connectivity index is 2.06. The van der Waals surface area contributed by atoms with E-state index in [1.807, 2.05) is 37.3 Å². The molecule has 1 aromatic rings. The fourth-order valence-electron chi connectivity index (χ4n) is 3.51. The van der Waals surface area contributed by atoms with E-state index < -0.39 is 12.0 Å². The van der Waals surface area contributed by atoms with Crippen LogP contribution in [-0.2, 0) is 20.8 Å². The minimum atomic E-state index is -1.01. The van der Waals surface area contributed by atoms with Crippen molar-refractivity contribution in [2.45, 2.75) is 58.0 Å². The molecule has 1 fully saturated rings. The highest BCUT2D eigenvalue weighted by Crippen LogP contribution is 2.18. The largest absolute Gasteiger partial charge is 0.480 e. The van der Waals surface area contributed by atoms with Gasteiger partial charge in [0.25, 0.3) is 0 Å². The molecule has 1 aliphatic rings. The lowest BCUT2D eigenvalue weighted by molar-refractivity contribution is -0.151. The maximum atomic E-state index is 12.8.